The molecule has 5 nitrogen and oxygen atoms in total. The molecule has 0 saturated carbocycles. The number of anilines is 2. The van der Waals surface area contributed by atoms with Gasteiger partial charge >= 0.3 is 0 Å². The standard InChI is InChI=1S/C20H22N2O3/c1-15(23)22(18-11-5-6-12-19(18)25-2)14-20(24)21-13-7-9-16-8-3-4-10-17(16)21/h3-6,8,10-12H,7,9,13-14H2,1-2H3. The van der Waals surface area contributed by atoms with Crippen molar-refractivity contribution in [1.29, 1.82) is 0 Å². The Balaban J connectivity index is 1.87. The molecule has 1 aliphatic heterocycles. The monoisotopic (exact) mass is 338 g/mol. The van der Waals surface area contributed by atoms with Crippen molar-refractivity contribution in [3.63, 3.8) is 0 Å². The van der Waals surface area contributed by atoms with Gasteiger partial charge in [-0.1, -0.05) is 30.3 Å². The molecule has 2 aromatic carbocycles. The highest BCUT2D eigenvalue weighted by molar-refractivity contribution is 6.04. The quantitative estimate of drug-likeness (QED) is 0.861. The summed E-state index contributed by atoms with van der Waals surface area (Å²) in [5.74, 6) is 0.293. The van der Waals surface area contributed by atoms with E-state index in [1.807, 2.05) is 30.3 Å². The maximum absolute atomic E-state index is 12.9. The summed E-state index contributed by atoms with van der Waals surface area (Å²) in [7, 11) is 1.56. The Labute approximate surface area is 147 Å². The van der Waals surface area contributed by atoms with Crippen LogP contribution in [0.25, 0.3) is 0 Å². The summed E-state index contributed by atoms with van der Waals surface area (Å²) < 4.78 is 5.34. The molecule has 0 radical (unpaired) electrons. The van der Waals surface area contributed by atoms with Crippen LogP contribution in [0.4, 0.5) is 11.4 Å². The number of carbonyl (C=O) groups excluding carboxylic acids is 2. The second-order valence-electron chi connectivity index (χ2n) is 6.05. The first-order valence-electron chi connectivity index (χ1n) is 8.41. The summed E-state index contributed by atoms with van der Waals surface area (Å²) in [5, 5.41) is 0. The van der Waals surface area contributed by atoms with Crippen molar-refractivity contribution in [1.82, 2.24) is 0 Å². The Morgan fingerprint density at radius 1 is 1.12 bits per heavy atom. The molecule has 0 atom stereocenters. The summed E-state index contributed by atoms with van der Waals surface area (Å²) in [6, 6.07) is 15.2. The van der Waals surface area contributed by atoms with Crippen LogP contribution in [0, 0.1) is 0 Å². The van der Waals surface area contributed by atoms with Gasteiger partial charge in [0.05, 0.1) is 12.8 Å². The smallest absolute Gasteiger partial charge is 0.247 e. The Bertz CT molecular complexity index is 788. The molecule has 0 aliphatic carbocycles. The fraction of sp³-hybridized carbons (Fsp3) is 0.300. The largest absolute Gasteiger partial charge is 0.495 e. The number of ether oxygens (including phenoxy) is 1. The van der Waals surface area contributed by atoms with E-state index in [1.165, 1.54) is 17.4 Å². The lowest BCUT2D eigenvalue weighted by Crippen LogP contribution is -2.44. The fourth-order valence-corrected chi connectivity index (χ4v) is 3.23. The lowest BCUT2D eigenvalue weighted by molar-refractivity contribution is -0.121. The molecule has 5 heteroatoms. The number of hydrogen-bond acceptors (Lipinski definition) is 3. The van der Waals surface area contributed by atoms with Crippen LogP contribution in [0.3, 0.4) is 0 Å². The molecule has 25 heavy (non-hydrogen) atoms. The molecular weight excluding hydrogens is 316 g/mol. The van der Waals surface area contributed by atoms with Crippen molar-refractivity contribution in [2.75, 3.05) is 30.0 Å². The van der Waals surface area contributed by atoms with Crippen molar-refractivity contribution in [2.45, 2.75) is 19.8 Å². The van der Waals surface area contributed by atoms with E-state index >= 15 is 0 Å². The first kappa shape index (κ1) is 17.0. The van der Waals surface area contributed by atoms with Crippen molar-refractivity contribution in [3.8, 4) is 5.75 Å². The molecule has 0 fully saturated rings. The van der Waals surface area contributed by atoms with Crippen LogP contribution >= 0.6 is 0 Å². The number of fused-ring (bicyclic) bond motifs is 1. The Kier molecular flexibility index (Phi) is 5.03. The summed E-state index contributed by atoms with van der Waals surface area (Å²) in [6.45, 7) is 2.13. The fourth-order valence-electron chi connectivity index (χ4n) is 3.23. The topological polar surface area (TPSA) is 49.9 Å². The Morgan fingerprint density at radius 2 is 1.84 bits per heavy atom. The first-order chi connectivity index (χ1) is 12.1. The average molecular weight is 338 g/mol. The van der Waals surface area contributed by atoms with Gasteiger partial charge in [-0.15, -0.1) is 0 Å². The van der Waals surface area contributed by atoms with Gasteiger partial charge in [0.1, 0.15) is 12.3 Å². The molecule has 0 saturated heterocycles. The van der Waals surface area contributed by atoms with Crippen LogP contribution < -0.4 is 14.5 Å². The molecule has 2 amide bonds. The molecule has 0 bridgehead atoms. The van der Waals surface area contributed by atoms with Gasteiger partial charge in [0.15, 0.2) is 0 Å². The van der Waals surface area contributed by atoms with Crippen molar-refractivity contribution < 1.29 is 14.3 Å². The van der Waals surface area contributed by atoms with Crippen LogP contribution in [0.1, 0.15) is 18.9 Å². The predicted molar refractivity (Wildman–Crippen MR) is 98.1 cm³/mol. The number of para-hydroxylation sites is 3. The second-order valence-corrected chi connectivity index (χ2v) is 6.05. The van der Waals surface area contributed by atoms with Crippen LogP contribution in [-0.2, 0) is 16.0 Å². The summed E-state index contributed by atoms with van der Waals surface area (Å²) in [5.41, 5.74) is 2.73. The maximum Gasteiger partial charge on any atom is 0.247 e. The van der Waals surface area contributed by atoms with Crippen LogP contribution in [0.2, 0.25) is 0 Å². The number of carbonyl (C=O) groups is 2. The van der Waals surface area contributed by atoms with E-state index in [-0.39, 0.29) is 18.4 Å². The molecule has 0 N–H and O–H groups in total. The van der Waals surface area contributed by atoms with Gasteiger partial charge < -0.3 is 9.64 Å². The van der Waals surface area contributed by atoms with E-state index in [4.69, 9.17) is 4.74 Å². The van der Waals surface area contributed by atoms with Crippen molar-refractivity contribution in [3.05, 3.63) is 54.1 Å². The van der Waals surface area contributed by atoms with Crippen LogP contribution in [-0.4, -0.2) is 32.0 Å². The van der Waals surface area contributed by atoms with Crippen molar-refractivity contribution >= 4 is 23.2 Å². The zero-order valence-corrected chi connectivity index (χ0v) is 14.6. The number of methoxy groups -OCH3 is 1. The number of hydrogen-bond donors (Lipinski definition) is 0. The minimum absolute atomic E-state index is 0.00988. The highest BCUT2D eigenvalue weighted by atomic mass is 16.5. The van der Waals surface area contributed by atoms with E-state index in [0.717, 1.165) is 18.5 Å². The summed E-state index contributed by atoms with van der Waals surface area (Å²) >= 11 is 0. The Morgan fingerprint density at radius 3 is 2.60 bits per heavy atom. The van der Waals surface area contributed by atoms with Gasteiger partial charge in [-0.3, -0.25) is 14.5 Å². The van der Waals surface area contributed by atoms with E-state index in [0.29, 0.717) is 18.0 Å². The number of benzene rings is 2. The molecule has 2 aromatic rings. The number of amides is 2. The number of rotatable bonds is 4. The van der Waals surface area contributed by atoms with E-state index < -0.39 is 0 Å². The van der Waals surface area contributed by atoms with Gasteiger partial charge in [0, 0.05) is 19.2 Å². The van der Waals surface area contributed by atoms with E-state index in [2.05, 4.69) is 6.07 Å². The SMILES string of the molecule is COc1ccccc1N(CC(=O)N1CCCc2ccccc21)C(C)=O. The maximum atomic E-state index is 12.9. The highest BCUT2D eigenvalue weighted by Crippen LogP contribution is 2.30. The average Bonchev–Trinajstić information content (AvgIpc) is 2.65. The first-order valence-corrected chi connectivity index (χ1v) is 8.41. The van der Waals surface area contributed by atoms with E-state index in [9.17, 15) is 9.59 Å². The van der Waals surface area contributed by atoms with Gasteiger partial charge in [0.2, 0.25) is 11.8 Å². The summed E-state index contributed by atoms with van der Waals surface area (Å²) in [6.07, 6.45) is 1.90. The van der Waals surface area contributed by atoms with Crippen molar-refractivity contribution in [2.24, 2.45) is 0 Å². The predicted octanol–water partition coefficient (Wildman–Crippen LogP) is 3.03. The third kappa shape index (κ3) is 3.50. The third-order valence-electron chi connectivity index (χ3n) is 4.46. The molecule has 3 rings (SSSR count). The van der Waals surface area contributed by atoms with Crippen LogP contribution in [0.15, 0.2) is 48.5 Å². The molecule has 1 aliphatic rings. The third-order valence-corrected chi connectivity index (χ3v) is 4.46. The van der Waals surface area contributed by atoms with Gasteiger partial charge in [-0.05, 0) is 36.6 Å². The highest BCUT2D eigenvalue weighted by Gasteiger charge is 2.26. The lowest BCUT2D eigenvalue weighted by atomic mass is 10.0. The minimum Gasteiger partial charge on any atom is -0.495 e. The van der Waals surface area contributed by atoms with Crippen LogP contribution in [0.5, 0.6) is 5.75 Å². The zero-order valence-electron chi connectivity index (χ0n) is 14.6. The molecular formula is C20H22N2O3. The van der Waals surface area contributed by atoms with E-state index in [1.54, 1.807) is 24.1 Å². The van der Waals surface area contributed by atoms with Gasteiger partial charge in [-0.2, -0.15) is 0 Å². The molecule has 0 aromatic heterocycles. The second kappa shape index (κ2) is 7.38. The Hall–Kier alpha value is -2.82. The molecule has 0 spiro atoms. The summed E-state index contributed by atoms with van der Waals surface area (Å²) in [4.78, 5) is 28.4. The molecule has 0 unspecified atom stereocenters. The lowest BCUT2D eigenvalue weighted by Gasteiger charge is -2.32. The molecule has 130 valence electrons. The van der Waals surface area contributed by atoms with Gasteiger partial charge in [-0.25, -0.2) is 0 Å². The zero-order chi connectivity index (χ0) is 17.8. The normalized spacial score (nSPS) is 13.1. The number of nitrogens with zero attached hydrogens (tertiary/aromatic N) is 2. The minimum atomic E-state index is -0.192. The number of aryl methyl sites for hydroxylation is 1. The van der Waals surface area contributed by atoms with Gasteiger partial charge in [0.25, 0.3) is 0 Å². The molecule has 1 heterocycles.